The van der Waals surface area contributed by atoms with E-state index >= 15 is 0 Å². The Morgan fingerprint density at radius 3 is 3.18 bits per heavy atom. The molecule has 0 aliphatic carbocycles. The fourth-order valence-corrected chi connectivity index (χ4v) is 1.74. The van der Waals surface area contributed by atoms with Crippen LogP contribution in [0.4, 0.5) is 0 Å². The maximum atomic E-state index is 4.53. The first-order valence-corrected chi connectivity index (χ1v) is 4.57. The lowest BCUT2D eigenvalue weighted by atomic mass is 10.2. The maximum absolute atomic E-state index is 4.53. The van der Waals surface area contributed by atoms with E-state index in [0.717, 1.165) is 13.1 Å². The molecular formula is C8H14N2S. The molecule has 0 aromatic carbocycles. The van der Waals surface area contributed by atoms with Gasteiger partial charge >= 0.3 is 0 Å². The molecular weight excluding hydrogens is 156 g/mol. The molecule has 1 aliphatic rings. The Morgan fingerprint density at radius 2 is 2.55 bits per heavy atom. The van der Waals surface area contributed by atoms with Crippen molar-refractivity contribution in [2.24, 2.45) is 4.99 Å². The van der Waals surface area contributed by atoms with Gasteiger partial charge in [-0.3, -0.25) is 4.90 Å². The second-order valence-electron chi connectivity index (χ2n) is 2.86. The first-order valence-electron chi connectivity index (χ1n) is 4.16. The van der Waals surface area contributed by atoms with Crippen molar-refractivity contribution in [2.45, 2.75) is 25.8 Å². The molecule has 1 saturated heterocycles. The van der Waals surface area contributed by atoms with Crippen molar-refractivity contribution >= 4 is 17.4 Å². The Bertz CT molecular complexity index is 163. The summed E-state index contributed by atoms with van der Waals surface area (Å²) in [6, 6.07) is 0.635. The minimum absolute atomic E-state index is 0.635. The SMILES string of the molecule is CCN1CCC[C@@H]1CN=C=S. The lowest BCUT2D eigenvalue weighted by molar-refractivity contribution is 0.273. The maximum Gasteiger partial charge on any atom is 0.0648 e. The third kappa shape index (κ3) is 2.37. The zero-order chi connectivity index (χ0) is 8.10. The highest BCUT2D eigenvalue weighted by atomic mass is 32.1. The summed E-state index contributed by atoms with van der Waals surface area (Å²) < 4.78 is 0. The van der Waals surface area contributed by atoms with Crippen molar-refractivity contribution in [2.75, 3.05) is 19.6 Å². The summed E-state index contributed by atoms with van der Waals surface area (Å²) >= 11 is 4.53. The van der Waals surface area contributed by atoms with Crippen LogP contribution in [0.1, 0.15) is 19.8 Å². The predicted molar refractivity (Wildman–Crippen MR) is 50.2 cm³/mol. The number of likely N-dealkylation sites (tertiary alicyclic amines) is 1. The molecule has 0 radical (unpaired) electrons. The fraction of sp³-hybridized carbons (Fsp3) is 0.875. The number of aliphatic imine (C=N–C) groups is 1. The second-order valence-corrected chi connectivity index (χ2v) is 3.04. The number of likely N-dealkylation sites (N-methyl/N-ethyl adjacent to an activating group) is 1. The van der Waals surface area contributed by atoms with Crippen molar-refractivity contribution < 1.29 is 0 Å². The van der Waals surface area contributed by atoms with Gasteiger partial charge in [0.2, 0.25) is 0 Å². The molecule has 0 saturated carbocycles. The monoisotopic (exact) mass is 170 g/mol. The summed E-state index contributed by atoms with van der Waals surface area (Å²) in [5.74, 6) is 0. The zero-order valence-electron chi connectivity index (χ0n) is 6.92. The average Bonchev–Trinajstić information content (AvgIpc) is 2.47. The van der Waals surface area contributed by atoms with Crippen molar-refractivity contribution in [3.05, 3.63) is 0 Å². The normalized spacial score (nSPS) is 25.0. The number of nitrogens with zero attached hydrogens (tertiary/aromatic N) is 2. The number of rotatable bonds is 3. The minimum Gasteiger partial charge on any atom is -0.299 e. The van der Waals surface area contributed by atoms with Gasteiger partial charge in [-0.25, -0.2) is 4.99 Å². The van der Waals surface area contributed by atoms with E-state index in [1.54, 1.807) is 0 Å². The fourth-order valence-electron chi connectivity index (χ4n) is 1.66. The van der Waals surface area contributed by atoms with Gasteiger partial charge in [-0.05, 0) is 38.1 Å². The Morgan fingerprint density at radius 1 is 1.73 bits per heavy atom. The average molecular weight is 170 g/mol. The van der Waals surface area contributed by atoms with E-state index < -0.39 is 0 Å². The molecule has 1 rings (SSSR count). The van der Waals surface area contributed by atoms with E-state index in [-0.39, 0.29) is 0 Å². The van der Waals surface area contributed by atoms with E-state index in [1.165, 1.54) is 19.4 Å². The topological polar surface area (TPSA) is 15.6 Å². The molecule has 0 spiro atoms. The van der Waals surface area contributed by atoms with Crippen LogP contribution in [0.5, 0.6) is 0 Å². The molecule has 0 unspecified atom stereocenters. The summed E-state index contributed by atoms with van der Waals surface area (Å²) in [5.41, 5.74) is 0. The lowest BCUT2D eigenvalue weighted by Gasteiger charge is -2.19. The number of hydrogen-bond acceptors (Lipinski definition) is 3. The highest BCUT2D eigenvalue weighted by molar-refractivity contribution is 7.78. The molecule has 62 valence electrons. The molecule has 3 heteroatoms. The van der Waals surface area contributed by atoms with E-state index in [2.05, 4.69) is 34.2 Å². The standard InChI is InChI=1S/C8H14N2S/c1-2-10-5-3-4-8(10)6-9-7-11/h8H,2-6H2,1H3/t8-/m1/s1. The second kappa shape index (κ2) is 4.60. The molecule has 11 heavy (non-hydrogen) atoms. The van der Waals surface area contributed by atoms with Crippen LogP contribution >= 0.6 is 12.2 Å². The van der Waals surface area contributed by atoms with E-state index in [4.69, 9.17) is 0 Å². The number of isothiocyanates is 1. The van der Waals surface area contributed by atoms with Gasteiger partial charge < -0.3 is 0 Å². The third-order valence-corrected chi connectivity index (χ3v) is 2.40. The summed E-state index contributed by atoms with van der Waals surface area (Å²) in [5, 5.41) is 2.42. The minimum atomic E-state index is 0.635. The number of hydrogen-bond donors (Lipinski definition) is 0. The van der Waals surface area contributed by atoms with E-state index in [0.29, 0.717) is 6.04 Å². The van der Waals surface area contributed by atoms with E-state index in [1.807, 2.05) is 0 Å². The van der Waals surface area contributed by atoms with Crippen molar-refractivity contribution in [1.82, 2.24) is 4.90 Å². The molecule has 1 atom stereocenters. The Hall–Kier alpha value is -0.240. The van der Waals surface area contributed by atoms with Gasteiger partial charge in [-0.15, -0.1) is 0 Å². The lowest BCUT2D eigenvalue weighted by Crippen LogP contribution is -2.31. The molecule has 0 amide bonds. The van der Waals surface area contributed by atoms with Gasteiger partial charge in [-0.2, -0.15) is 0 Å². The molecule has 2 nitrogen and oxygen atoms in total. The molecule has 1 fully saturated rings. The zero-order valence-corrected chi connectivity index (χ0v) is 7.73. The van der Waals surface area contributed by atoms with E-state index in [9.17, 15) is 0 Å². The van der Waals surface area contributed by atoms with Crippen LogP contribution in [0.2, 0.25) is 0 Å². The summed E-state index contributed by atoms with van der Waals surface area (Å²) in [7, 11) is 0. The van der Waals surface area contributed by atoms with Gasteiger partial charge in [0.25, 0.3) is 0 Å². The quantitative estimate of drug-likeness (QED) is 0.472. The highest BCUT2D eigenvalue weighted by Crippen LogP contribution is 2.16. The number of thiocarbonyl (C=S) groups is 1. The van der Waals surface area contributed by atoms with Crippen LogP contribution in [0, 0.1) is 0 Å². The third-order valence-electron chi connectivity index (χ3n) is 2.27. The Balaban J connectivity index is 2.36. The van der Waals surface area contributed by atoms with Gasteiger partial charge in [0.1, 0.15) is 0 Å². The molecule has 0 aromatic heterocycles. The van der Waals surface area contributed by atoms with Gasteiger partial charge in [0.15, 0.2) is 0 Å². The molecule has 1 aliphatic heterocycles. The molecule has 0 aromatic rings. The Labute approximate surface area is 73.3 Å². The van der Waals surface area contributed by atoms with Crippen molar-refractivity contribution in [3.8, 4) is 0 Å². The van der Waals surface area contributed by atoms with Crippen molar-refractivity contribution in [1.29, 1.82) is 0 Å². The van der Waals surface area contributed by atoms with Crippen LogP contribution < -0.4 is 0 Å². The smallest absolute Gasteiger partial charge is 0.0648 e. The first-order chi connectivity index (χ1) is 5.38. The summed E-state index contributed by atoms with van der Waals surface area (Å²) in [6.07, 6.45) is 2.58. The van der Waals surface area contributed by atoms with Crippen LogP contribution in [0.15, 0.2) is 4.99 Å². The highest BCUT2D eigenvalue weighted by Gasteiger charge is 2.21. The van der Waals surface area contributed by atoms with Crippen LogP contribution in [0.25, 0.3) is 0 Å². The van der Waals surface area contributed by atoms with Gasteiger partial charge in [0.05, 0.1) is 11.7 Å². The molecule has 0 bridgehead atoms. The summed E-state index contributed by atoms with van der Waals surface area (Å²) in [4.78, 5) is 6.43. The summed E-state index contributed by atoms with van der Waals surface area (Å²) in [6.45, 7) is 5.41. The van der Waals surface area contributed by atoms with Gasteiger partial charge in [-0.1, -0.05) is 6.92 Å². The van der Waals surface area contributed by atoms with Gasteiger partial charge in [0, 0.05) is 6.04 Å². The van der Waals surface area contributed by atoms with Crippen LogP contribution in [0.3, 0.4) is 0 Å². The molecule has 0 N–H and O–H groups in total. The first kappa shape index (κ1) is 8.85. The molecule has 1 heterocycles. The predicted octanol–water partition coefficient (Wildman–Crippen LogP) is 1.57. The Kier molecular flexibility index (Phi) is 3.70. The largest absolute Gasteiger partial charge is 0.299 e. The van der Waals surface area contributed by atoms with Crippen LogP contribution in [-0.2, 0) is 0 Å². The van der Waals surface area contributed by atoms with Crippen molar-refractivity contribution in [3.63, 3.8) is 0 Å². The van der Waals surface area contributed by atoms with Crippen LogP contribution in [-0.4, -0.2) is 35.7 Å².